The van der Waals surface area contributed by atoms with E-state index in [-0.39, 0.29) is 35.4 Å². The minimum Gasteiger partial charge on any atom is -0.494 e. The van der Waals surface area contributed by atoms with E-state index in [0.717, 1.165) is 12.8 Å². The Kier molecular flexibility index (Phi) is 4.91. The molecule has 2 atom stereocenters. The lowest BCUT2D eigenvalue weighted by atomic mass is 10.0. The molecule has 28 heavy (non-hydrogen) atoms. The second-order valence-corrected chi connectivity index (χ2v) is 7.37. The number of ether oxygens (including phenoxy) is 2. The van der Waals surface area contributed by atoms with E-state index in [1.165, 1.54) is 40.9 Å². The summed E-state index contributed by atoms with van der Waals surface area (Å²) in [5.74, 6) is -0.815. The van der Waals surface area contributed by atoms with Crippen LogP contribution < -0.4 is 0 Å². The minimum atomic E-state index is -0.599. The molecule has 0 aromatic heterocycles. The fourth-order valence-electron chi connectivity index (χ4n) is 3.09. The first-order valence-corrected chi connectivity index (χ1v) is 9.60. The topological polar surface area (TPSA) is 99.0 Å². The van der Waals surface area contributed by atoms with E-state index >= 15 is 0 Å². The molecule has 3 heterocycles. The van der Waals surface area contributed by atoms with Crippen molar-refractivity contribution in [3.05, 3.63) is 75.0 Å². The molecule has 1 unspecified atom stereocenters. The van der Waals surface area contributed by atoms with E-state index in [1.807, 2.05) is 12.2 Å². The van der Waals surface area contributed by atoms with E-state index < -0.39 is 10.9 Å². The van der Waals surface area contributed by atoms with Gasteiger partial charge in [-0.3, -0.25) is 19.8 Å². The van der Waals surface area contributed by atoms with Crippen molar-refractivity contribution in [3.8, 4) is 0 Å². The van der Waals surface area contributed by atoms with Crippen molar-refractivity contribution in [2.75, 3.05) is 0 Å². The molecule has 1 aromatic rings. The molecule has 1 saturated heterocycles. The molecule has 0 saturated carbocycles. The van der Waals surface area contributed by atoms with Gasteiger partial charge in [-0.2, -0.15) is 0 Å². The Bertz CT molecular complexity index is 921. The highest BCUT2D eigenvalue weighted by Crippen LogP contribution is 2.45. The van der Waals surface area contributed by atoms with Crippen LogP contribution in [0.2, 0.25) is 0 Å². The van der Waals surface area contributed by atoms with E-state index in [1.54, 1.807) is 11.7 Å². The Labute approximate surface area is 164 Å². The van der Waals surface area contributed by atoms with Crippen LogP contribution in [-0.4, -0.2) is 33.2 Å². The predicted octanol–water partition coefficient (Wildman–Crippen LogP) is 3.01. The van der Waals surface area contributed by atoms with Gasteiger partial charge in [0.15, 0.2) is 0 Å². The molecule has 1 fully saturated rings. The Morgan fingerprint density at radius 1 is 1.39 bits per heavy atom. The normalized spacial score (nSPS) is 24.3. The van der Waals surface area contributed by atoms with Gasteiger partial charge in [0.25, 0.3) is 11.6 Å². The number of rotatable bonds is 5. The number of nitrogens with zero attached hydrogens (tertiary/aromatic N) is 2. The molecule has 9 heteroatoms. The summed E-state index contributed by atoms with van der Waals surface area (Å²) >= 11 is 1.38. The first kappa shape index (κ1) is 18.3. The van der Waals surface area contributed by atoms with Gasteiger partial charge in [-0.05, 0) is 42.7 Å². The van der Waals surface area contributed by atoms with Crippen molar-refractivity contribution in [1.82, 2.24) is 4.90 Å². The van der Waals surface area contributed by atoms with Crippen LogP contribution in [0.5, 0.6) is 0 Å². The van der Waals surface area contributed by atoms with Crippen LogP contribution >= 0.6 is 11.8 Å². The first-order valence-electron chi connectivity index (χ1n) is 8.66. The SMILES string of the molecule is O=C(OCc1ccc([N+](=O)[O-])cc1)C1=CS[C@@H]2C(=CC3CCC=CO3)C(=O)N12. The molecule has 1 amide bonds. The highest BCUT2D eigenvalue weighted by atomic mass is 32.2. The minimum absolute atomic E-state index is 0.0313. The number of nitro groups is 1. The van der Waals surface area contributed by atoms with Crippen LogP contribution in [0.4, 0.5) is 5.69 Å². The van der Waals surface area contributed by atoms with E-state index in [0.29, 0.717) is 11.1 Å². The number of hydrogen-bond donors (Lipinski definition) is 0. The average Bonchev–Trinajstić information content (AvgIpc) is 3.12. The Hall–Kier alpha value is -3.07. The molecule has 4 rings (SSSR count). The number of thioether (sulfide) groups is 1. The lowest BCUT2D eigenvalue weighted by Crippen LogP contribution is -2.51. The zero-order valence-electron chi connectivity index (χ0n) is 14.6. The smallest absolute Gasteiger partial charge is 0.355 e. The van der Waals surface area contributed by atoms with Crippen LogP contribution in [0.1, 0.15) is 18.4 Å². The van der Waals surface area contributed by atoms with Gasteiger partial charge in [-0.1, -0.05) is 0 Å². The van der Waals surface area contributed by atoms with Crippen molar-refractivity contribution in [1.29, 1.82) is 0 Å². The van der Waals surface area contributed by atoms with Crippen LogP contribution in [0.3, 0.4) is 0 Å². The summed E-state index contributed by atoms with van der Waals surface area (Å²) in [7, 11) is 0. The van der Waals surface area contributed by atoms with E-state index in [4.69, 9.17) is 9.47 Å². The predicted molar refractivity (Wildman–Crippen MR) is 101 cm³/mol. The number of allylic oxidation sites excluding steroid dienone is 1. The number of β-lactam (4-membered cyclic amide) rings is 1. The van der Waals surface area contributed by atoms with Crippen molar-refractivity contribution < 1.29 is 24.0 Å². The number of amides is 1. The van der Waals surface area contributed by atoms with Gasteiger partial charge < -0.3 is 9.47 Å². The number of carbonyl (C=O) groups is 2. The molecule has 0 aliphatic carbocycles. The molecule has 0 spiro atoms. The van der Waals surface area contributed by atoms with Gasteiger partial charge in [0.2, 0.25) is 0 Å². The molecular formula is C19H16N2O6S. The molecule has 0 bridgehead atoms. The lowest BCUT2D eigenvalue weighted by molar-refractivity contribution is -0.384. The van der Waals surface area contributed by atoms with Gasteiger partial charge in [0.05, 0.1) is 16.8 Å². The second kappa shape index (κ2) is 7.51. The lowest BCUT2D eigenvalue weighted by Gasteiger charge is -2.38. The van der Waals surface area contributed by atoms with Crippen LogP contribution in [0, 0.1) is 10.1 Å². The largest absolute Gasteiger partial charge is 0.494 e. The first-order chi connectivity index (χ1) is 13.5. The summed E-state index contributed by atoms with van der Waals surface area (Å²) in [4.78, 5) is 36.4. The molecule has 0 N–H and O–H groups in total. The summed E-state index contributed by atoms with van der Waals surface area (Å²) in [6.45, 7) is -0.0313. The number of hydrogen-bond acceptors (Lipinski definition) is 7. The number of carbonyl (C=O) groups excluding carboxylic acids is 2. The number of nitro benzene ring substituents is 1. The summed E-state index contributed by atoms with van der Waals surface area (Å²) in [5.41, 5.74) is 1.44. The standard InChI is InChI=1S/C19H16N2O6S/c22-17-15(9-14-3-1-2-8-26-14)18-20(17)16(11-28-18)19(23)27-10-12-4-6-13(7-5-12)21(24)25/h2,4-9,11,14,18H,1,3,10H2/t14?,18-/m1/s1. The molecule has 3 aliphatic rings. The maximum absolute atomic E-state index is 12.5. The summed E-state index contributed by atoms with van der Waals surface area (Å²) < 4.78 is 10.7. The number of non-ortho nitro benzene ring substituents is 1. The quantitative estimate of drug-likeness (QED) is 0.246. The Balaban J connectivity index is 1.35. The summed E-state index contributed by atoms with van der Waals surface area (Å²) in [5, 5.41) is 12.1. The van der Waals surface area contributed by atoms with E-state index in [2.05, 4.69) is 0 Å². The zero-order valence-corrected chi connectivity index (χ0v) is 15.5. The number of esters is 1. The van der Waals surface area contributed by atoms with Crippen molar-refractivity contribution in [2.24, 2.45) is 0 Å². The van der Waals surface area contributed by atoms with Crippen LogP contribution in [0.25, 0.3) is 0 Å². The molecule has 3 aliphatic heterocycles. The van der Waals surface area contributed by atoms with Gasteiger partial charge >= 0.3 is 5.97 Å². The zero-order chi connectivity index (χ0) is 19.7. The van der Waals surface area contributed by atoms with Crippen LogP contribution in [0.15, 0.2) is 59.4 Å². The van der Waals surface area contributed by atoms with Crippen molar-refractivity contribution in [2.45, 2.75) is 30.9 Å². The highest BCUT2D eigenvalue weighted by Gasteiger charge is 2.50. The Morgan fingerprint density at radius 3 is 2.86 bits per heavy atom. The average molecular weight is 400 g/mol. The maximum Gasteiger partial charge on any atom is 0.355 e. The number of fused-ring (bicyclic) bond motifs is 1. The second-order valence-electron chi connectivity index (χ2n) is 6.41. The molecule has 8 nitrogen and oxygen atoms in total. The molecule has 144 valence electrons. The fourth-order valence-corrected chi connectivity index (χ4v) is 4.22. The van der Waals surface area contributed by atoms with E-state index in [9.17, 15) is 19.7 Å². The summed E-state index contributed by atoms with van der Waals surface area (Å²) in [6.07, 6.45) is 7.02. The Morgan fingerprint density at radius 2 is 2.18 bits per heavy atom. The highest BCUT2D eigenvalue weighted by molar-refractivity contribution is 8.03. The van der Waals surface area contributed by atoms with Gasteiger partial charge in [0, 0.05) is 17.5 Å². The number of benzene rings is 1. The maximum atomic E-state index is 12.5. The van der Waals surface area contributed by atoms with Gasteiger partial charge in [-0.15, -0.1) is 11.8 Å². The monoisotopic (exact) mass is 400 g/mol. The third-order valence-electron chi connectivity index (χ3n) is 4.59. The fraction of sp³-hybridized carbons (Fsp3) is 0.263. The molecule has 1 aromatic carbocycles. The third kappa shape index (κ3) is 3.40. The van der Waals surface area contributed by atoms with Crippen molar-refractivity contribution in [3.63, 3.8) is 0 Å². The molecule has 0 radical (unpaired) electrons. The summed E-state index contributed by atoms with van der Waals surface area (Å²) in [6, 6.07) is 5.76. The van der Waals surface area contributed by atoms with Crippen LogP contribution in [-0.2, 0) is 25.7 Å². The third-order valence-corrected chi connectivity index (χ3v) is 5.68. The molecular weight excluding hydrogens is 384 g/mol. The van der Waals surface area contributed by atoms with Gasteiger partial charge in [-0.25, -0.2) is 4.79 Å². The van der Waals surface area contributed by atoms with Gasteiger partial charge in [0.1, 0.15) is 23.8 Å². The van der Waals surface area contributed by atoms with Crippen molar-refractivity contribution >= 4 is 29.3 Å².